The first-order valence-electron chi connectivity index (χ1n) is 10.2. The van der Waals surface area contributed by atoms with Gasteiger partial charge in [0, 0.05) is 24.3 Å². The van der Waals surface area contributed by atoms with Gasteiger partial charge in [0.05, 0.1) is 18.7 Å². The Kier molecular flexibility index (Phi) is 6.04. The highest BCUT2D eigenvalue weighted by Crippen LogP contribution is 2.28. The molecule has 3 amide bonds. The quantitative estimate of drug-likeness (QED) is 0.629. The van der Waals surface area contributed by atoms with Crippen LogP contribution >= 0.6 is 0 Å². The minimum Gasteiger partial charge on any atom is -0.493 e. The highest BCUT2D eigenvalue weighted by Gasteiger charge is 2.20. The number of fused-ring (bicyclic) bond motifs is 1. The number of rotatable bonds is 5. The van der Waals surface area contributed by atoms with Crippen molar-refractivity contribution in [3.8, 4) is 17.6 Å². The van der Waals surface area contributed by atoms with Crippen molar-refractivity contribution in [3.63, 3.8) is 0 Å². The monoisotopic (exact) mass is 413 g/mol. The Hall–Kier alpha value is -3.98. The zero-order valence-electron chi connectivity index (χ0n) is 17.3. The van der Waals surface area contributed by atoms with Crippen LogP contribution in [0, 0.1) is 11.8 Å². The van der Waals surface area contributed by atoms with Gasteiger partial charge in [-0.2, -0.15) is 0 Å². The molecule has 1 heterocycles. The lowest BCUT2D eigenvalue weighted by atomic mass is 10.0. The van der Waals surface area contributed by atoms with Gasteiger partial charge in [0.15, 0.2) is 0 Å². The summed E-state index contributed by atoms with van der Waals surface area (Å²) >= 11 is 0. The largest absolute Gasteiger partial charge is 0.493 e. The Morgan fingerprint density at radius 2 is 1.94 bits per heavy atom. The van der Waals surface area contributed by atoms with Crippen LogP contribution in [0.5, 0.6) is 5.75 Å². The average molecular weight is 413 g/mol. The fourth-order valence-electron chi connectivity index (χ4n) is 3.56. The van der Waals surface area contributed by atoms with Gasteiger partial charge in [-0.3, -0.25) is 9.69 Å². The van der Waals surface area contributed by atoms with E-state index < -0.39 is 0 Å². The van der Waals surface area contributed by atoms with Crippen LogP contribution in [-0.2, 0) is 0 Å². The van der Waals surface area contributed by atoms with Crippen LogP contribution in [0.15, 0.2) is 60.7 Å². The summed E-state index contributed by atoms with van der Waals surface area (Å²) in [6.07, 6.45) is 0. The number of hydrogen-bond donors (Lipinski definition) is 2. The van der Waals surface area contributed by atoms with Gasteiger partial charge in [-0.1, -0.05) is 42.2 Å². The van der Waals surface area contributed by atoms with E-state index in [2.05, 4.69) is 22.5 Å². The number of benzene rings is 3. The van der Waals surface area contributed by atoms with E-state index in [0.717, 1.165) is 22.0 Å². The van der Waals surface area contributed by atoms with Crippen LogP contribution in [0.2, 0.25) is 0 Å². The lowest BCUT2D eigenvalue weighted by Crippen LogP contribution is -2.27. The van der Waals surface area contributed by atoms with E-state index in [0.29, 0.717) is 31.0 Å². The summed E-state index contributed by atoms with van der Waals surface area (Å²) in [6, 6.07) is 18.9. The number of carbonyl (C=O) groups excluding carboxylic acids is 2. The summed E-state index contributed by atoms with van der Waals surface area (Å²) < 4.78 is 5.67. The van der Waals surface area contributed by atoms with Crippen LogP contribution in [-0.4, -0.2) is 38.2 Å². The second-order valence-corrected chi connectivity index (χ2v) is 7.01. The summed E-state index contributed by atoms with van der Waals surface area (Å²) in [6.45, 7) is 3.90. The topological polar surface area (TPSA) is 70.7 Å². The van der Waals surface area contributed by atoms with Crippen LogP contribution in [0.1, 0.15) is 22.8 Å². The molecule has 1 saturated heterocycles. The maximum absolute atomic E-state index is 12.9. The molecule has 0 unspecified atom stereocenters. The SMILES string of the molecule is CCOc1ccc2ccccc2c1C(=O)NCC#Cc1ccc(N2CCNC2=O)cc1. The van der Waals surface area contributed by atoms with Crippen molar-refractivity contribution in [1.82, 2.24) is 10.6 Å². The smallest absolute Gasteiger partial charge is 0.321 e. The van der Waals surface area contributed by atoms with E-state index >= 15 is 0 Å². The van der Waals surface area contributed by atoms with E-state index in [1.807, 2.05) is 67.6 Å². The highest BCUT2D eigenvalue weighted by molar-refractivity contribution is 6.09. The van der Waals surface area contributed by atoms with Gasteiger partial charge < -0.3 is 15.4 Å². The van der Waals surface area contributed by atoms with Gasteiger partial charge in [0.2, 0.25) is 0 Å². The Labute approximate surface area is 181 Å². The van der Waals surface area contributed by atoms with Gasteiger partial charge in [-0.15, -0.1) is 0 Å². The number of nitrogens with one attached hydrogen (secondary N) is 2. The molecule has 0 spiro atoms. The van der Waals surface area contributed by atoms with Crippen molar-refractivity contribution in [2.75, 3.05) is 31.1 Å². The maximum Gasteiger partial charge on any atom is 0.321 e. The summed E-state index contributed by atoms with van der Waals surface area (Å²) in [4.78, 5) is 26.3. The van der Waals surface area contributed by atoms with Crippen LogP contribution in [0.25, 0.3) is 10.8 Å². The van der Waals surface area contributed by atoms with Gasteiger partial charge in [-0.25, -0.2) is 4.79 Å². The van der Waals surface area contributed by atoms with Crippen molar-refractivity contribution in [2.24, 2.45) is 0 Å². The van der Waals surface area contributed by atoms with E-state index in [1.54, 1.807) is 4.90 Å². The first-order chi connectivity index (χ1) is 15.2. The molecule has 0 saturated carbocycles. The molecule has 1 fully saturated rings. The molecular weight excluding hydrogens is 390 g/mol. The molecule has 3 aromatic carbocycles. The molecule has 1 aliphatic heterocycles. The molecule has 156 valence electrons. The minimum absolute atomic E-state index is 0.0820. The van der Waals surface area contributed by atoms with Crippen LogP contribution in [0.3, 0.4) is 0 Å². The predicted molar refractivity (Wildman–Crippen MR) is 122 cm³/mol. The number of amides is 3. The summed E-state index contributed by atoms with van der Waals surface area (Å²) in [5, 5.41) is 7.48. The van der Waals surface area contributed by atoms with Gasteiger partial charge >= 0.3 is 6.03 Å². The third-order valence-electron chi connectivity index (χ3n) is 5.02. The fraction of sp³-hybridized carbons (Fsp3) is 0.200. The second kappa shape index (κ2) is 9.23. The van der Waals surface area contributed by atoms with Gasteiger partial charge in [0.25, 0.3) is 5.91 Å². The Morgan fingerprint density at radius 3 is 2.68 bits per heavy atom. The molecule has 1 aliphatic rings. The third-order valence-corrected chi connectivity index (χ3v) is 5.02. The lowest BCUT2D eigenvalue weighted by molar-refractivity contribution is 0.0956. The molecule has 0 atom stereocenters. The molecule has 0 bridgehead atoms. The molecule has 3 aromatic rings. The molecule has 0 aromatic heterocycles. The maximum atomic E-state index is 12.9. The molecule has 2 N–H and O–H groups in total. The number of anilines is 1. The highest BCUT2D eigenvalue weighted by atomic mass is 16.5. The van der Waals surface area contributed by atoms with E-state index in [1.165, 1.54) is 0 Å². The summed E-state index contributed by atoms with van der Waals surface area (Å²) in [7, 11) is 0. The lowest BCUT2D eigenvalue weighted by Gasteiger charge is -2.13. The summed E-state index contributed by atoms with van der Waals surface area (Å²) in [5.41, 5.74) is 2.18. The van der Waals surface area contributed by atoms with E-state index in [9.17, 15) is 9.59 Å². The Balaban J connectivity index is 1.44. The number of urea groups is 1. The molecule has 4 rings (SSSR count). The van der Waals surface area contributed by atoms with Crippen molar-refractivity contribution in [1.29, 1.82) is 0 Å². The second-order valence-electron chi connectivity index (χ2n) is 7.01. The van der Waals surface area contributed by atoms with Gasteiger partial charge in [-0.05, 0) is 48.0 Å². The predicted octanol–water partition coefficient (Wildman–Crippen LogP) is 3.55. The normalized spacial score (nSPS) is 12.8. The average Bonchev–Trinajstić information content (AvgIpc) is 3.23. The zero-order chi connectivity index (χ0) is 21.6. The molecule has 6 heteroatoms. The molecular formula is C25H23N3O3. The van der Waals surface area contributed by atoms with Crippen LogP contribution in [0.4, 0.5) is 10.5 Å². The summed E-state index contributed by atoms with van der Waals surface area (Å²) in [5.74, 6) is 6.37. The van der Waals surface area contributed by atoms with Crippen molar-refractivity contribution < 1.29 is 14.3 Å². The minimum atomic E-state index is -0.218. The molecule has 6 nitrogen and oxygen atoms in total. The number of hydrogen-bond acceptors (Lipinski definition) is 3. The number of nitrogens with zero attached hydrogens (tertiary/aromatic N) is 1. The Morgan fingerprint density at radius 1 is 1.13 bits per heavy atom. The van der Waals surface area contributed by atoms with Crippen molar-refractivity contribution in [3.05, 3.63) is 71.8 Å². The zero-order valence-corrected chi connectivity index (χ0v) is 17.3. The first-order valence-corrected chi connectivity index (χ1v) is 10.2. The van der Waals surface area contributed by atoms with E-state index in [4.69, 9.17) is 4.74 Å². The standard InChI is InChI=1S/C25H23N3O3/c1-2-31-22-14-11-19-7-3-4-8-21(19)23(22)24(29)26-15-5-6-18-9-12-20(13-10-18)28-17-16-27-25(28)30/h3-4,7-14H,2,15-17H2,1H3,(H,26,29)(H,27,30). The van der Waals surface area contributed by atoms with Gasteiger partial charge in [0.1, 0.15) is 5.75 Å². The van der Waals surface area contributed by atoms with E-state index in [-0.39, 0.29) is 18.5 Å². The molecule has 31 heavy (non-hydrogen) atoms. The molecule has 0 aliphatic carbocycles. The number of ether oxygens (including phenoxy) is 1. The van der Waals surface area contributed by atoms with Crippen molar-refractivity contribution >= 4 is 28.4 Å². The van der Waals surface area contributed by atoms with Crippen LogP contribution < -0.4 is 20.3 Å². The fourth-order valence-corrected chi connectivity index (χ4v) is 3.56. The molecule has 0 radical (unpaired) electrons. The third kappa shape index (κ3) is 4.46. The van der Waals surface area contributed by atoms with Crippen molar-refractivity contribution in [2.45, 2.75) is 6.92 Å². The first kappa shape index (κ1) is 20.3. The number of carbonyl (C=O) groups is 2. The Bertz CT molecular complexity index is 1180.